The van der Waals surface area contributed by atoms with Crippen molar-refractivity contribution in [2.75, 3.05) is 18.0 Å². The maximum atomic E-state index is 13.0. The fourth-order valence-corrected chi connectivity index (χ4v) is 3.83. The van der Waals surface area contributed by atoms with Crippen LogP contribution >= 0.6 is 0 Å². The Labute approximate surface area is 183 Å². The summed E-state index contributed by atoms with van der Waals surface area (Å²) in [6.45, 7) is 10.4. The molecule has 2 aliphatic rings. The van der Waals surface area contributed by atoms with Gasteiger partial charge in [-0.3, -0.25) is 14.6 Å². The molecule has 1 aromatic rings. The Morgan fingerprint density at radius 1 is 1.32 bits per heavy atom. The van der Waals surface area contributed by atoms with Crippen LogP contribution in [-0.2, 0) is 4.74 Å². The smallest absolute Gasteiger partial charge is 0.408 e. The van der Waals surface area contributed by atoms with Crippen molar-refractivity contribution < 1.29 is 19.1 Å². The van der Waals surface area contributed by atoms with Crippen molar-refractivity contribution in [3.63, 3.8) is 0 Å². The van der Waals surface area contributed by atoms with Crippen LogP contribution in [-0.4, -0.2) is 53.2 Å². The number of primary amides is 1. The molecule has 0 aromatic carbocycles. The van der Waals surface area contributed by atoms with Gasteiger partial charge in [0.1, 0.15) is 11.3 Å². The highest BCUT2D eigenvalue weighted by Crippen LogP contribution is 2.33. The van der Waals surface area contributed by atoms with Crippen LogP contribution in [0.25, 0.3) is 0 Å². The summed E-state index contributed by atoms with van der Waals surface area (Å²) in [5, 5.41) is 5.98. The number of nitrogens with two attached hydrogens (primary N) is 1. The Bertz CT molecular complexity index is 877. The minimum Gasteiger partial charge on any atom is -0.444 e. The molecule has 1 aliphatic carbocycles. The zero-order chi connectivity index (χ0) is 23.0. The van der Waals surface area contributed by atoms with Crippen molar-refractivity contribution in [3.8, 4) is 0 Å². The number of anilines is 1. The van der Waals surface area contributed by atoms with E-state index in [9.17, 15) is 14.4 Å². The van der Waals surface area contributed by atoms with Crippen LogP contribution in [0.15, 0.2) is 12.3 Å². The average molecular weight is 432 g/mol. The number of hydrogen-bond donors (Lipinski definition) is 3. The summed E-state index contributed by atoms with van der Waals surface area (Å²) in [6.07, 6.45) is 3.81. The lowest BCUT2D eigenvalue weighted by atomic mass is 10.0. The molecular weight excluding hydrogens is 398 g/mol. The molecule has 9 nitrogen and oxygen atoms in total. The highest BCUT2D eigenvalue weighted by molar-refractivity contribution is 6.01. The second kappa shape index (κ2) is 8.36. The predicted octanol–water partition coefficient (Wildman–Crippen LogP) is 2.20. The van der Waals surface area contributed by atoms with E-state index in [1.807, 2.05) is 39.5 Å². The van der Waals surface area contributed by atoms with Gasteiger partial charge in [-0.1, -0.05) is 0 Å². The van der Waals surface area contributed by atoms with E-state index >= 15 is 0 Å². The van der Waals surface area contributed by atoms with E-state index in [1.54, 1.807) is 6.07 Å². The number of carbonyl (C=O) groups excluding carboxylic acids is 3. The molecule has 1 aliphatic heterocycles. The van der Waals surface area contributed by atoms with Gasteiger partial charge in [-0.25, -0.2) is 4.79 Å². The standard InChI is InChI=1S/C22H33N5O4/c1-13(14-6-7-14)25-19(29)15-11-24-16(18(23)28)10-17(15)27-9-8-22(5,12-27)26-20(30)31-21(2,3)4/h10-11,13-14H,6-9,12H2,1-5H3,(H2,23,28)(H,25,29)(H,26,30)/t13-,22-/m0/s1. The van der Waals surface area contributed by atoms with Gasteiger partial charge in [0.15, 0.2) is 0 Å². The third-order valence-corrected chi connectivity index (χ3v) is 5.68. The number of ether oxygens (including phenoxy) is 1. The molecule has 2 heterocycles. The number of carbonyl (C=O) groups is 3. The zero-order valence-corrected chi connectivity index (χ0v) is 18.9. The molecule has 170 valence electrons. The van der Waals surface area contributed by atoms with Crippen LogP contribution in [0, 0.1) is 5.92 Å². The predicted molar refractivity (Wildman–Crippen MR) is 117 cm³/mol. The third-order valence-electron chi connectivity index (χ3n) is 5.68. The molecular formula is C22H33N5O4. The van der Waals surface area contributed by atoms with E-state index in [0.29, 0.717) is 36.7 Å². The van der Waals surface area contributed by atoms with Gasteiger partial charge in [0.25, 0.3) is 11.8 Å². The fourth-order valence-electron chi connectivity index (χ4n) is 3.83. The third kappa shape index (κ3) is 5.86. The Morgan fingerprint density at radius 2 is 2.00 bits per heavy atom. The van der Waals surface area contributed by atoms with E-state index in [2.05, 4.69) is 15.6 Å². The molecule has 31 heavy (non-hydrogen) atoms. The lowest BCUT2D eigenvalue weighted by molar-refractivity contribution is 0.0473. The first-order valence-corrected chi connectivity index (χ1v) is 10.7. The van der Waals surface area contributed by atoms with Gasteiger partial charge in [-0.05, 0) is 65.9 Å². The molecule has 4 N–H and O–H groups in total. The normalized spacial score (nSPS) is 22.0. The summed E-state index contributed by atoms with van der Waals surface area (Å²) >= 11 is 0. The highest BCUT2D eigenvalue weighted by atomic mass is 16.6. The summed E-state index contributed by atoms with van der Waals surface area (Å²) in [6, 6.07) is 1.63. The first-order valence-electron chi connectivity index (χ1n) is 10.7. The van der Waals surface area contributed by atoms with E-state index in [0.717, 1.165) is 12.8 Å². The van der Waals surface area contributed by atoms with Gasteiger partial charge in [-0.15, -0.1) is 0 Å². The summed E-state index contributed by atoms with van der Waals surface area (Å²) < 4.78 is 5.39. The number of nitrogens with one attached hydrogen (secondary N) is 2. The summed E-state index contributed by atoms with van der Waals surface area (Å²) in [5.41, 5.74) is 5.34. The van der Waals surface area contributed by atoms with Crippen LogP contribution in [0.3, 0.4) is 0 Å². The van der Waals surface area contributed by atoms with Crippen LogP contribution in [0.1, 0.15) is 74.7 Å². The average Bonchev–Trinajstić information content (AvgIpc) is 3.42. The monoisotopic (exact) mass is 431 g/mol. The number of amides is 3. The zero-order valence-electron chi connectivity index (χ0n) is 18.9. The molecule has 3 rings (SSSR count). The van der Waals surface area contributed by atoms with Crippen LogP contribution in [0.4, 0.5) is 10.5 Å². The summed E-state index contributed by atoms with van der Waals surface area (Å²) in [5.74, 6) is -0.377. The van der Waals surface area contributed by atoms with Gasteiger partial charge in [0.2, 0.25) is 0 Å². The molecule has 1 aromatic heterocycles. The van der Waals surface area contributed by atoms with Gasteiger partial charge >= 0.3 is 6.09 Å². The SMILES string of the molecule is C[C@H](NC(=O)c1cnc(C(N)=O)cc1N1CC[C@](C)(NC(=O)OC(C)(C)C)C1)C1CC1. The van der Waals surface area contributed by atoms with Crippen molar-refractivity contribution in [2.45, 2.75) is 71.1 Å². The fraction of sp³-hybridized carbons (Fsp3) is 0.636. The second-order valence-corrected chi connectivity index (χ2v) is 9.91. The number of aromatic nitrogens is 1. The van der Waals surface area contributed by atoms with Crippen molar-refractivity contribution in [1.82, 2.24) is 15.6 Å². The second-order valence-electron chi connectivity index (χ2n) is 9.91. The van der Waals surface area contributed by atoms with Gasteiger partial charge in [0, 0.05) is 25.3 Å². The van der Waals surface area contributed by atoms with Crippen molar-refractivity contribution in [2.24, 2.45) is 11.7 Å². The maximum absolute atomic E-state index is 13.0. The minimum atomic E-state index is -0.659. The van der Waals surface area contributed by atoms with Gasteiger partial charge in [0.05, 0.1) is 16.8 Å². The maximum Gasteiger partial charge on any atom is 0.408 e. The molecule has 3 amide bonds. The summed E-state index contributed by atoms with van der Waals surface area (Å²) in [7, 11) is 0. The Kier molecular flexibility index (Phi) is 6.16. The largest absolute Gasteiger partial charge is 0.444 e. The highest BCUT2D eigenvalue weighted by Gasteiger charge is 2.38. The van der Waals surface area contributed by atoms with Gasteiger partial charge in [-0.2, -0.15) is 0 Å². The number of pyridine rings is 1. The number of hydrogen-bond acceptors (Lipinski definition) is 6. The molecule has 1 saturated heterocycles. The Balaban J connectivity index is 1.80. The van der Waals surface area contributed by atoms with Crippen molar-refractivity contribution >= 4 is 23.6 Å². The lowest BCUT2D eigenvalue weighted by Crippen LogP contribution is -2.49. The van der Waals surface area contributed by atoms with E-state index in [4.69, 9.17) is 10.5 Å². The topological polar surface area (TPSA) is 127 Å². The lowest BCUT2D eigenvalue weighted by Gasteiger charge is -2.29. The molecule has 2 atom stereocenters. The van der Waals surface area contributed by atoms with Gasteiger partial charge < -0.3 is 26.0 Å². The van der Waals surface area contributed by atoms with Crippen molar-refractivity contribution in [1.29, 1.82) is 0 Å². The molecule has 9 heteroatoms. The molecule has 1 saturated carbocycles. The van der Waals surface area contributed by atoms with Crippen molar-refractivity contribution in [3.05, 3.63) is 23.5 Å². The molecule has 0 bridgehead atoms. The Hall–Kier alpha value is -2.84. The first kappa shape index (κ1) is 22.8. The van der Waals surface area contributed by atoms with E-state index in [-0.39, 0.29) is 17.6 Å². The summed E-state index contributed by atoms with van der Waals surface area (Å²) in [4.78, 5) is 43.0. The Morgan fingerprint density at radius 3 is 2.58 bits per heavy atom. The van der Waals surface area contributed by atoms with Crippen LogP contribution in [0.2, 0.25) is 0 Å². The molecule has 0 spiro atoms. The van der Waals surface area contributed by atoms with Crippen LogP contribution in [0.5, 0.6) is 0 Å². The molecule has 0 radical (unpaired) electrons. The van der Waals surface area contributed by atoms with E-state index in [1.165, 1.54) is 6.20 Å². The number of nitrogens with zero attached hydrogens (tertiary/aromatic N) is 2. The van der Waals surface area contributed by atoms with E-state index < -0.39 is 23.1 Å². The minimum absolute atomic E-state index is 0.0776. The number of alkyl carbamates (subject to hydrolysis) is 1. The number of rotatable bonds is 6. The quantitative estimate of drug-likeness (QED) is 0.634. The first-order chi connectivity index (χ1) is 14.4. The molecule has 0 unspecified atom stereocenters. The molecule has 2 fully saturated rings. The van der Waals surface area contributed by atoms with Crippen LogP contribution < -0.4 is 21.3 Å².